The Kier molecular flexibility index (Phi) is 3.20. The van der Waals surface area contributed by atoms with Crippen LogP contribution in [0.2, 0.25) is 5.02 Å². The van der Waals surface area contributed by atoms with Crippen molar-refractivity contribution in [1.82, 2.24) is 4.90 Å². The third-order valence-electron chi connectivity index (χ3n) is 3.28. The molecule has 0 saturated heterocycles. The third kappa shape index (κ3) is 2.38. The first kappa shape index (κ1) is 11.5. The molecular formula is C13H17ClN2. The molecule has 1 aliphatic carbocycles. The molecule has 0 aliphatic heterocycles. The predicted molar refractivity (Wildman–Crippen MR) is 68.1 cm³/mol. The third-order valence-corrected chi connectivity index (χ3v) is 3.53. The summed E-state index contributed by atoms with van der Waals surface area (Å²) in [4.78, 5) is 2.06. The Hall–Kier alpha value is -1.02. The van der Waals surface area contributed by atoms with Crippen LogP contribution in [-0.4, -0.2) is 17.8 Å². The van der Waals surface area contributed by atoms with Crippen LogP contribution in [-0.2, 0) is 0 Å². The molecule has 1 atom stereocenters. The molecule has 16 heavy (non-hydrogen) atoms. The highest BCUT2D eigenvalue weighted by molar-refractivity contribution is 6.30. The average molecular weight is 237 g/mol. The van der Waals surface area contributed by atoms with Crippen LogP contribution in [0.4, 0.5) is 0 Å². The van der Waals surface area contributed by atoms with E-state index in [0.29, 0.717) is 5.92 Å². The minimum atomic E-state index is 0.241. The zero-order valence-corrected chi connectivity index (χ0v) is 10.5. The van der Waals surface area contributed by atoms with Crippen LogP contribution in [0, 0.1) is 11.3 Å². The number of hydrogen-bond acceptors (Lipinski definition) is 1. The summed E-state index contributed by atoms with van der Waals surface area (Å²) in [5, 5.41) is 8.79. The highest BCUT2D eigenvalue weighted by atomic mass is 35.5. The summed E-state index contributed by atoms with van der Waals surface area (Å²) in [6.45, 7) is 2.13. The second-order valence-electron chi connectivity index (χ2n) is 4.50. The van der Waals surface area contributed by atoms with Gasteiger partial charge in [-0.15, -0.1) is 0 Å². The van der Waals surface area contributed by atoms with Gasteiger partial charge in [0.25, 0.3) is 0 Å². The van der Waals surface area contributed by atoms with E-state index in [1.807, 2.05) is 31.3 Å². The molecule has 1 aromatic carbocycles. The number of amidine groups is 1. The van der Waals surface area contributed by atoms with Gasteiger partial charge >= 0.3 is 0 Å². The van der Waals surface area contributed by atoms with E-state index >= 15 is 0 Å². The van der Waals surface area contributed by atoms with Gasteiger partial charge < -0.3 is 4.90 Å². The Labute approximate surface area is 102 Å². The molecule has 0 spiro atoms. The van der Waals surface area contributed by atoms with E-state index in [-0.39, 0.29) is 6.04 Å². The SMILES string of the molecule is CC(c1ccc(Cl)cc1)N(C)C(=N)C1CC1. The molecular weight excluding hydrogens is 220 g/mol. The highest BCUT2D eigenvalue weighted by Gasteiger charge is 2.30. The Morgan fingerprint density at radius 3 is 2.44 bits per heavy atom. The maximum atomic E-state index is 8.03. The average Bonchev–Trinajstić information content (AvgIpc) is 3.11. The van der Waals surface area contributed by atoms with E-state index in [4.69, 9.17) is 17.0 Å². The summed E-state index contributed by atoms with van der Waals surface area (Å²) in [7, 11) is 2.00. The first-order chi connectivity index (χ1) is 7.59. The van der Waals surface area contributed by atoms with Gasteiger partial charge in [0.15, 0.2) is 0 Å². The van der Waals surface area contributed by atoms with Gasteiger partial charge in [-0.2, -0.15) is 0 Å². The molecule has 1 fully saturated rings. The Balaban J connectivity index is 2.08. The number of halogens is 1. The van der Waals surface area contributed by atoms with Crippen LogP contribution in [0.25, 0.3) is 0 Å². The number of benzene rings is 1. The molecule has 0 aromatic heterocycles. The van der Waals surface area contributed by atoms with Crippen molar-refractivity contribution >= 4 is 17.4 Å². The molecule has 0 radical (unpaired) electrons. The maximum absolute atomic E-state index is 8.03. The molecule has 3 heteroatoms. The van der Waals surface area contributed by atoms with Gasteiger partial charge in [0.05, 0.1) is 11.9 Å². The molecule has 0 bridgehead atoms. The van der Waals surface area contributed by atoms with E-state index in [1.54, 1.807) is 0 Å². The summed E-state index contributed by atoms with van der Waals surface area (Å²) in [5.41, 5.74) is 1.21. The quantitative estimate of drug-likeness (QED) is 0.629. The molecule has 1 unspecified atom stereocenters. The molecule has 2 rings (SSSR count). The van der Waals surface area contributed by atoms with Crippen LogP contribution in [0.15, 0.2) is 24.3 Å². The van der Waals surface area contributed by atoms with Gasteiger partial charge in [0.1, 0.15) is 0 Å². The van der Waals surface area contributed by atoms with E-state index in [1.165, 1.54) is 18.4 Å². The van der Waals surface area contributed by atoms with Crippen molar-refractivity contribution in [1.29, 1.82) is 5.41 Å². The lowest BCUT2D eigenvalue weighted by atomic mass is 10.1. The van der Waals surface area contributed by atoms with Crippen molar-refractivity contribution in [3.63, 3.8) is 0 Å². The fraction of sp³-hybridized carbons (Fsp3) is 0.462. The first-order valence-electron chi connectivity index (χ1n) is 5.66. The number of nitrogens with one attached hydrogen (secondary N) is 1. The smallest absolute Gasteiger partial charge is 0.0991 e. The highest BCUT2D eigenvalue weighted by Crippen LogP contribution is 2.33. The van der Waals surface area contributed by atoms with E-state index in [0.717, 1.165) is 10.9 Å². The lowest BCUT2D eigenvalue weighted by molar-refractivity contribution is 0.389. The Morgan fingerprint density at radius 1 is 1.38 bits per heavy atom. The summed E-state index contributed by atoms with van der Waals surface area (Å²) in [5.74, 6) is 1.27. The van der Waals surface area contributed by atoms with Crippen molar-refractivity contribution < 1.29 is 0 Å². The Bertz CT molecular complexity index is 381. The first-order valence-corrected chi connectivity index (χ1v) is 6.04. The van der Waals surface area contributed by atoms with Gasteiger partial charge in [-0.1, -0.05) is 23.7 Å². The van der Waals surface area contributed by atoms with Crippen molar-refractivity contribution in [3.8, 4) is 0 Å². The molecule has 1 aliphatic rings. The van der Waals surface area contributed by atoms with Crippen molar-refractivity contribution in [2.45, 2.75) is 25.8 Å². The molecule has 0 amide bonds. The van der Waals surface area contributed by atoms with Gasteiger partial charge in [0, 0.05) is 18.0 Å². The minimum absolute atomic E-state index is 0.241. The summed E-state index contributed by atoms with van der Waals surface area (Å²) in [6.07, 6.45) is 2.35. The van der Waals surface area contributed by atoms with Gasteiger partial charge in [-0.25, -0.2) is 0 Å². The zero-order valence-electron chi connectivity index (χ0n) is 9.70. The molecule has 1 N–H and O–H groups in total. The molecule has 1 saturated carbocycles. The summed E-state index contributed by atoms with van der Waals surface area (Å²) in [6, 6.07) is 8.11. The normalized spacial score (nSPS) is 16.9. The van der Waals surface area contributed by atoms with Gasteiger partial charge in [0.2, 0.25) is 0 Å². The largest absolute Gasteiger partial charge is 0.357 e. The summed E-state index contributed by atoms with van der Waals surface area (Å²) < 4.78 is 0. The molecule has 86 valence electrons. The summed E-state index contributed by atoms with van der Waals surface area (Å²) >= 11 is 5.86. The number of hydrogen-bond donors (Lipinski definition) is 1. The fourth-order valence-corrected chi connectivity index (χ4v) is 1.94. The second-order valence-corrected chi connectivity index (χ2v) is 4.93. The lowest BCUT2D eigenvalue weighted by Gasteiger charge is -2.27. The number of nitrogens with zero attached hydrogens (tertiary/aromatic N) is 1. The van der Waals surface area contributed by atoms with Crippen molar-refractivity contribution in [2.75, 3.05) is 7.05 Å². The monoisotopic (exact) mass is 236 g/mol. The maximum Gasteiger partial charge on any atom is 0.0991 e. The van der Waals surface area contributed by atoms with Crippen molar-refractivity contribution in [3.05, 3.63) is 34.9 Å². The molecule has 1 aromatic rings. The lowest BCUT2D eigenvalue weighted by Crippen LogP contribution is -2.30. The van der Waals surface area contributed by atoms with Crippen LogP contribution in [0.3, 0.4) is 0 Å². The second kappa shape index (κ2) is 4.46. The molecule has 2 nitrogen and oxygen atoms in total. The van der Waals surface area contributed by atoms with Crippen LogP contribution >= 0.6 is 11.6 Å². The van der Waals surface area contributed by atoms with Gasteiger partial charge in [-0.05, 0) is 37.5 Å². The van der Waals surface area contributed by atoms with E-state index < -0.39 is 0 Å². The minimum Gasteiger partial charge on any atom is -0.357 e. The van der Waals surface area contributed by atoms with E-state index in [9.17, 15) is 0 Å². The van der Waals surface area contributed by atoms with Crippen LogP contribution < -0.4 is 0 Å². The van der Waals surface area contributed by atoms with Gasteiger partial charge in [-0.3, -0.25) is 5.41 Å². The standard InChI is InChI=1S/C13H17ClN2/c1-9(10-5-7-12(14)8-6-10)16(2)13(15)11-3-4-11/h5-9,11,15H,3-4H2,1-2H3. The molecule has 0 heterocycles. The number of rotatable bonds is 3. The topological polar surface area (TPSA) is 27.1 Å². The van der Waals surface area contributed by atoms with Crippen LogP contribution in [0.5, 0.6) is 0 Å². The van der Waals surface area contributed by atoms with Crippen LogP contribution in [0.1, 0.15) is 31.4 Å². The Morgan fingerprint density at radius 2 is 1.94 bits per heavy atom. The predicted octanol–water partition coefficient (Wildman–Crippen LogP) is 3.72. The fourth-order valence-electron chi connectivity index (χ4n) is 1.82. The van der Waals surface area contributed by atoms with Crippen molar-refractivity contribution in [2.24, 2.45) is 5.92 Å². The zero-order chi connectivity index (χ0) is 11.7. The van der Waals surface area contributed by atoms with E-state index in [2.05, 4.69) is 11.8 Å².